The van der Waals surface area contributed by atoms with Crippen LogP contribution >= 0.6 is 34.8 Å². The van der Waals surface area contributed by atoms with Crippen LogP contribution in [-0.4, -0.2) is 24.8 Å². The minimum atomic E-state index is -1.09. The van der Waals surface area contributed by atoms with Crippen LogP contribution in [-0.2, 0) is 6.42 Å². The lowest BCUT2D eigenvalue weighted by atomic mass is 10.1. The number of carboxylic acids is 1. The highest BCUT2D eigenvalue weighted by atomic mass is 35.5. The molecule has 0 radical (unpaired) electrons. The van der Waals surface area contributed by atoms with Gasteiger partial charge in [-0.25, -0.2) is 4.79 Å². The number of halogens is 3. The van der Waals surface area contributed by atoms with Crippen molar-refractivity contribution in [3.05, 3.63) is 56.5 Å². The zero-order valence-corrected chi connectivity index (χ0v) is 14.4. The summed E-state index contributed by atoms with van der Waals surface area (Å²) in [5.74, 6) is -0.606. The van der Waals surface area contributed by atoms with Crippen LogP contribution in [0.5, 0.6) is 11.5 Å². The van der Waals surface area contributed by atoms with Gasteiger partial charge in [-0.1, -0.05) is 40.9 Å². The number of carboxylic acid groups (broad SMARTS) is 1. The van der Waals surface area contributed by atoms with Crippen molar-refractivity contribution in [2.24, 2.45) is 0 Å². The Morgan fingerprint density at radius 2 is 1.83 bits per heavy atom. The average Bonchev–Trinajstić information content (AvgIpc) is 2.50. The molecule has 1 N–H and O–H groups in total. The molecule has 2 aromatic rings. The van der Waals surface area contributed by atoms with Crippen LogP contribution in [0.15, 0.2) is 30.3 Å². The molecule has 0 saturated heterocycles. The quantitative estimate of drug-likeness (QED) is 0.774. The first kappa shape index (κ1) is 17.7. The molecule has 0 spiro atoms. The lowest BCUT2D eigenvalue weighted by Crippen LogP contribution is -2.05. The largest absolute Gasteiger partial charge is 0.495 e. The fraction of sp³-hybridized carbons (Fsp3) is 0.188. The molecule has 4 nitrogen and oxygen atoms in total. The van der Waals surface area contributed by atoms with Gasteiger partial charge in [0.05, 0.1) is 19.3 Å². The third kappa shape index (κ3) is 4.44. The molecule has 0 amide bonds. The SMILES string of the molecule is COc1cc(C(=O)O)cc(OCCc2ccc(Cl)cc2Cl)c1Cl. The van der Waals surface area contributed by atoms with E-state index >= 15 is 0 Å². The highest BCUT2D eigenvalue weighted by Gasteiger charge is 2.15. The van der Waals surface area contributed by atoms with Crippen LogP contribution in [0.4, 0.5) is 0 Å². The molecule has 0 aromatic heterocycles. The maximum absolute atomic E-state index is 11.1. The van der Waals surface area contributed by atoms with Gasteiger partial charge in [-0.05, 0) is 29.8 Å². The molecule has 0 atom stereocenters. The van der Waals surface area contributed by atoms with Crippen LogP contribution in [0.1, 0.15) is 15.9 Å². The number of hydrogen-bond donors (Lipinski definition) is 1. The maximum Gasteiger partial charge on any atom is 0.335 e. The standard InChI is InChI=1S/C16H13Cl3O4/c1-22-13-6-10(16(20)21)7-14(15(13)19)23-5-4-9-2-3-11(17)8-12(9)18/h2-3,6-8H,4-5H2,1H3,(H,20,21). The van der Waals surface area contributed by atoms with E-state index in [9.17, 15) is 4.79 Å². The summed E-state index contributed by atoms with van der Waals surface area (Å²) in [5, 5.41) is 10.4. The summed E-state index contributed by atoms with van der Waals surface area (Å²) in [6, 6.07) is 7.90. The first-order valence-electron chi connectivity index (χ1n) is 6.60. The zero-order valence-electron chi connectivity index (χ0n) is 12.1. The maximum atomic E-state index is 11.1. The molecule has 0 saturated carbocycles. The van der Waals surface area contributed by atoms with E-state index in [1.54, 1.807) is 12.1 Å². The number of methoxy groups -OCH3 is 1. The second-order valence-electron chi connectivity index (χ2n) is 4.63. The van der Waals surface area contributed by atoms with E-state index in [-0.39, 0.29) is 28.7 Å². The predicted octanol–water partition coefficient (Wildman–Crippen LogP) is 4.98. The van der Waals surface area contributed by atoms with Crippen LogP contribution < -0.4 is 9.47 Å². The Morgan fingerprint density at radius 1 is 1.13 bits per heavy atom. The molecule has 0 heterocycles. The Bertz CT molecular complexity index is 732. The van der Waals surface area contributed by atoms with Crippen LogP contribution in [0, 0.1) is 0 Å². The Morgan fingerprint density at radius 3 is 2.43 bits per heavy atom. The highest BCUT2D eigenvalue weighted by molar-refractivity contribution is 6.35. The number of benzene rings is 2. The van der Waals surface area contributed by atoms with E-state index in [2.05, 4.69) is 0 Å². The van der Waals surface area contributed by atoms with Gasteiger partial charge in [-0.2, -0.15) is 0 Å². The van der Waals surface area contributed by atoms with E-state index in [1.165, 1.54) is 19.2 Å². The van der Waals surface area contributed by atoms with Crippen molar-refractivity contribution in [3.63, 3.8) is 0 Å². The summed E-state index contributed by atoms with van der Waals surface area (Å²) >= 11 is 18.1. The number of rotatable bonds is 6. The van der Waals surface area contributed by atoms with Crippen molar-refractivity contribution in [2.75, 3.05) is 13.7 Å². The topological polar surface area (TPSA) is 55.8 Å². The second kappa shape index (κ2) is 7.77. The van der Waals surface area contributed by atoms with Gasteiger partial charge in [0.25, 0.3) is 0 Å². The van der Waals surface area contributed by atoms with Crippen molar-refractivity contribution < 1.29 is 19.4 Å². The summed E-state index contributed by atoms with van der Waals surface area (Å²) in [6.45, 7) is 0.271. The fourth-order valence-electron chi connectivity index (χ4n) is 1.94. The summed E-state index contributed by atoms with van der Waals surface area (Å²) in [7, 11) is 1.41. The predicted molar refractivity (Wildman–Crippen MR) is 90.6 cm³/mol. The van der Waals surface area contributed by atoms with E-state index in [0.717, 1.165) is 5.56 Å². The van der Waals surface area contributed by atoms with Crippen molar-refractivity contribution >= 4 is 40.8 Å². The van der Waals surface area contributed by atoms with Crippen LogP contribution in [0.3, 0.4) is 0 Å². The monoisotopic (exact) mass is 374 g/mol. The molecule has 0 aliphatic carbocycles. The van der Waals surface area contributed by atoms with Crippen molar-refractivity contribution in [2.45, 2.75) is 6.42 Å². The molecule has 0 fully saturated rings. The van der Waals surface area contributed by atoms with E-state index in [1.807, 2.05) is 6.07 Å². The van der Waals surface area contributed by atoms with Crippen molar-refractivity contribution in [3.8, 4) is 11.5 Å². The summed E-state index contributed by atoms with van der Waals surface area (Å²) in [4.78, 5) is 11.1. The van der Waals surface area contributed by atoms with Crippen molar-refractivity contribution in [1.82, 2.24) is 0 Å². The first-order chi connectivity index (χ1) is 10.9. The Labute approximate surface area is 148 Å². The van der Waals surface area contributed by atoms with Gasteiger partial charge in [-0.3, -0.25) is 0 Å². The average molecular weight is 376 g/mol. The number of carbonyl (C=O) groups is 1. The molecule has 7 heteroatoms. The lowest BCUT2D eigenvalue weighted by molar-refractivity contribution is 0.0696. The molecule has 0 bridgehead atoms. The lowest BCUT2D eigenvalue weighted by Gasteiger charge is -2.12. The first-order valence-corrected chi connectivity index (χ1v) is 7.73. The highest BCUT2D eigenvalue weighted by Crippen LogP contribution is 2.35. The number of hydrogen-bond acceptors (Lipinski definition) is 3. The van der Waals surface area contributed by atoms with Gasteiger partial charge in [0.15, 0.2) is 0 Å². The summed E-state index contributed by atoms with van der Waals surface area (Å²) in [6.07, 6.45) is 0.520. The molecule has 0 aliphatic rings. The third-order valence-electron chi connectivity index (χ3n) is 3.12. The molecule has 0 aliphatic heterocycles. The van der Waals surface area contributed by atoms with E-state index in [4.69, 9.17) is 49.4 Å². The van der Waals surface area contributed by atoms with Gasteiger partial charge in [0, 0.05) is 16.5 Å². The number of aromatic carboxylic acids is 1. The Hall–Kier alpha value is -1.62. The molecule has 2 aromatic carbocycles. The molecule has 23 heavy (non-hydrogen) atoms. The summed E-state index contributed by atoms with van der Waals surface area (Å²) < 4.78 is 10.7. The smallest absolute Gasteiger partial charge is 0.335 e. The van der Waals surface area contributed by atoms with Gasteiger partial charge >= 0.3 is 5.97 Å². The zero-order chi connectivity index (χ0) is 17.0. The molecular formula is C16H13Cl3O4. The van der Waals surface area contributed by atoms with E-state index < -0.39 is 5.97 Å². The Kier molecular flexibility index (Phi) is 5.99. The van der Waals surface area contributed by atoms with Gasteiger partial charge in [0.1, 0.15) is 16.5 Å². The van der Waals surface area contributed by atoms with Crippen LogP contribution in [0.2, 0.25) is 15.1 Å². The molecule has 0 unspecified atom stereocenters. The third-order valence-corrected chi connectivity index (χ3v) is 4.08. The molecule has 122 valence electrons. The minimum absolute atomic E-state index is 0.0331. The molecular weight excluding hydrogens is 363 g/mol. The van der Waals surface area contributed by atoms with Crippen molar-refractivity contribution in [1.29, 1.82) is 0 Å². The van der Waals surface area contributed by atoms with Crippen LogP contribution in [0.25, 0.3) is 0 Å². The summed E-state index contributed by atoms with van der Waals surface area (Å²) in [5.41, 5.74) is 0.902. The minimum Gasteiger partial charge on any atom is -0.495 e. The normalized spacial score (nSPS) is 10.4. The van der Waals surface area contributed by atoms with Gasteiger partial charge in [0.2, 0.25) is 0 Å². The fourth-order valence-corrected chi connectivity index (χ4v) is 2.69. The molecule has 2 rings (SSSR count). The van der Waals surface area contributed by atoms with Gasteiger partial charge in [-0.15, -0.1) is 0 Å². The second-order valence-corrected chi connectivity index (χ2v) is 5.85. The Balaban J connectivity index is 2.13. The number of ether oxygens (including phenoxy) is 2. The van der Waals surface area contributed by atoms with Gasteiger partial charge < -0.3 is 14.6 Å². The van der Waals surface area contributed by atoms with E-state index in [0.29, 0.717) is 16.5 Å².